The summed E-state index contributed by atoms with van der Waals surface area (Å²) in [5.41, 5.74) is 4.09. The molecule has 2 aromatic heterocycles. The average molecular weight is 392 g/mol. The van der Waals surface area contributed by atoms with E-state index in [-0.39, 0.29) is 5.00 Å². The molecular weight excluding hydrogens is 376 g/mol. The highest BCUT2D eigenvalue weighted by molar-refractivity contribution is 7.16. The lowest BCUT2D eigenvalue weighted by Crippen LogP contribution is -2.07. The third-order valence-electron chi connectivity index (χ3n) is 4.14. The van der Waals surface area contributed by atoms with Crippen molar-refractivity contribution in [2.75, 3.05) is 19.0 Å². The Morgan fingerprint density at radius 2 is 1.93 bits per heavy atom. The Kier molecular flexibility index (Phi) is 4.62. The van der Waals surface area contributed by atoms with Gasteiger partial charge in [-0.25, -0.2) is 4.98 Å². The molecule has 0 aliphatic rings. The van der Waals surface area contributed by atoms with Gasteiger partial charge in [0.1, 0.15) is 5.52 Å². The second kappa shape index (κ2) is 7.24. The average Bonchev–Trinajstić information content (AvgIpc) is 3.33. The molecule has 140 valence electrons. The predicted molar refractivity (Wildman–Crippen MR) is 112 cm³/mol. The van der Waals surface area contributed by atoms with Crippen LogP contribution in [0.2, 0.25) is 0 Å². The molecular formula is C20H16N4O3S. The van der Waals surface area contributed by atoms with E-state index in [1.165, 1.54) is 6.07 Å². The Balaban J connectivity index is 1.59. The molecule has 0 unspecified atom stereocenters. The lowest BCUT2D eigenvalue weighted by molar-refractivity contribution is -0.380. The fourth-order valence-corrected chi connectivity index (χ4v) is 3.36. The van der Waals surface area contributed by atoms with Gasteiger partial charge in [-0.15, -0.1) is 0 Å². The lowest BCUT2D eigenvalue weighted by Gasteiger charge is -2.11. The molecule has 0 spiro atoms. The van der Waals surface area contributed by atoms with E-state index in [9.17, 15) is 10.1 Å². The normalized spacial score (nSPS) is 11.4. The van der Waals surface area contributed by atoms with E-state index in [1.807, 2.05) is 61.5 Å². The van der Waals surface area contributed by atoms with E-state index in [2.05, 4.69) is 9.98 Å². The largest absolute Gasteiger partial charge is 0.436 e. The second-order valence-corrected chi connectivity index (χ2v) is 7.40. The summed E-state index contributed by atoms with van der Waals surface area (Å²) in [4.78, 5) is 22.0. The van der Waals surface area contributed by atoms with Crippen LogP contribution in [-0.2, 0) is 0 Å². The molecule has 2 aromatic carbocycles. The van der Waals surface area contributed by atoms with Crippen molar-refractivity contribution in [2.45, 2.75) is 0 Å². The van der Waals surface area contributed by atoms with Crippen molar-refractivity contribution < 1.29 is 9.34 Å². The van der Waals surface area contributed by atoms with Gasteiger partial charge < -0.3 is 9.32 Å². The summed E-state index contributed by atoms with van der Waals surface area (Å²) in [6.07, 6.45) is 1.61. The smallest absolute Gasteiger partial charge is 0.324 e. The molecule has 0 saturated carbocycles. The number of benzene rings is 2. The first kappa shape index (κ1) is 17.9. The first-order valence-electron chi connectivity index (χ1n) is 8.46. The molecule has 2 heterocycles. The fourth-order valence-electron chi connectivity index (χ4n) is 2.67. The molecule has 4 rings (SSSR count). The van der Waals surface area contributed by atoms with Crippen LogP contribution in [0.5, 0.6) is 0 Å². The summed E-state index contributed by atoms with van der Waals surface area (Å²) in [5.74, 6) is 0.551. The van der Waals surface area contributed by atoms with Crippen molar-refractivity contribution in [3.63, 3.8) is 0 Å². The van der Waals surface area contributed by atoms with Crippen LogP contribution in [0.1, 0.15) is 4.88 Å². The number of hydrogen-bond donors (Lipinski definition) is 0. The molecule has 8 heteroatoms. The second-order valence-electron chi connectivity index (χ2n) is 6.30. The van der Waals surface area contributed by atoms with Crippen LogP contribution < -0.4 is 4.90 Å². The summed E-state index contributed by atoms with van der Waals surface area (Å²) in [6, 6.07) is 16.6. The zero-order valence-corrected chi connectivity index (χ0v) is 16.0. The maximum Gasteiger partial charge on any atom is 0.324 e. The van der Waals surface area contributed by atoms with E-state index in [0.29, 0.717) is 27.6 Å². The maximum atomic E-state index is 10.8. The van der Waals surface area contributed by atoms with Gasteiger partial charge in [0.2, 0.25) is 5.89 Å². The highest BCUT2D eigenvalue weighted by Crippen LogP contribution is 2.29. The number of hydrogen-bond acceptors (Lipinski definition) is 7. The predicted octanol–water partition coefficient (Wildman–Crippen LogP) is 5.28. The Hall–Kier alpha value is -3.52. The maximum absolute atomic E-state index is 10.8. The zero-order valence-electron chi connectivity index (χ0n) is 15.2. The van der Waals surface area contributed by atoms with Crippen molar-refractivity contribution >= 4 is 45.0 Å². The summed E-state index contributed by atoms with van der Waals surface area (Å²) < 4.78 is 5.85. The van der Waals surface area contributed by atoms with Crippen LogP contribution in [-0.4, -0.2) is 30.2 Å². The monoisotopic (exact) mass is 392 g/mol. The number of nitrogens with zero attached hydrogens (tertiary/aromatic N) is 4. The molecule has 0 fully saturated rings. The quantitative estimate of drug-likeness (QED) is 0.262. The molecule has 0 radical (unpaired) electrons. The number of rotatable bonds is 5. The van der Waals surface area contributed by atoms with Gasteiger partial charge in [-0.05, 0) is 48.5 Å². The molecule has 0 amide bonds. The number of oxazole rings is 1. The van der Waals surface area contributed by atoms with Gasteiger partial charge in [-0.1, -0.05) is 11.3 Å². The molecule has 0 bridgehead atoms. The molecule has 0 aliphatic carbocycles. The summed E-state index contributed by atoms with van der Waals surface area (Å²) in [5, 5.41) is 10.9. The van der Waals surface area contributed by atoms with Gasteiger partial charge in [0.15, 0.2) is 5.58 Å². The molecule has 0 atom stereocenters. The molecule has 7 nitrogen and oxygen atoms in total. The fraction of sp³-hybridized carbons (Fsp3) is 0.100. The van der Waals surface area contributed by atoms with Crippen LogP contribution in [0.15, 0.2) is 64.0 Å². The van der Waals surface area contributed by atoms with E-state index in [4.69, 9.17) is 4.42 Å². The minimum atomic E-state index is -0.407. The van der Waals surface area contributed by atoms with Crippen LogP contribution in [0.3, 0.4) is 0 Å². The third kappa shape index (κ3) is 3.63. The lowest BCUT2D eigenvalue weighted by atomic mass is 10.2. The first-order valence-corrected chi connectivity index (χ1v) is 9.28. The minimum Gasteiger partial charge on any atom is -0.436 e. The van der Waals surface area contributed by atoms with Crippen molar-refractivity contribution in [2.24, 2.45) is 4.99 Å². The highest BCUT2D eigenvalue weighted by Gasteiger charge is 2.10. The molecule has 0 saturated heterocycles. The Labute approximate surface area is 164 Å². The SMILES string of the molecule is CN(C)c1ccc(-c2nc3cc(N=Cc4ccc([N+](=O)[O-])s4)ccc3o2)cc1. The molecule has 4 aromatic rings. The van der Waals surface area contributed by atoms with E-state index in [0.717, 1.165) is 22.6 Å². The number of aliphatic imine (C=N–C) groups is 1. The third-order valence-corrected chi connectivity index (χ3v) is 5.11. The van der Waals surface area contributed by atoms with Gasteiger partial charge in [-0.2, -0.15) is 0 Å². The number of thiophene rings is 1. The van der Waals surface area contributed by atoms with Crippen LogP contribution in [0.4, 0.5) is 16.4 Å². The Morgan fingerprint density at radius 1 is 1.14 bits per heavy atom. The molecule has 0 N–H and O–H groups in total. The number of anilines is 1. The van der Waals surface area contributed by atoms with Crippen molar-refractivity contribution in [1.82, 2.24) is 4.98 Å². The standard InChI is InChI=1S/C20H16N4O3S/c1-23(2)15-6-3-13(4-7-15)20-22-17-11-14(5-9-18(17)27-20)21-12-16-8-10-19(28-16)24(25)26/h3-12H,1-2H3. The Bertz CT molecular complexity index is 1180. The van der Waals surface area contributed by atoms with Crippen LogP contribution in [0, 0.1) is 10.1 Å². The number of fused-ring (bicyclic) bond motifs is 1. The number of nitro groups is 1. The minimum absolute atomic E-state index is 0.0957. The van der Waals surface area contributed by atoms with Gasteiger partial charge in [0.25, 0.3) is 0 Å². The van der Waals surface area contributed by atoms with E-state index in [1.54, 1.807) is 12.3 Å². The zero-order chi connectivity index (χ0) is 19.7. The molecule has 28 heavy (non-hydrogen) atoms. The molecule has 0 aliphatic heterocycles. The van der Waals surface area contributed by atoms with Crippen molar-refractivity contribution in [1.29, 1.82) is 0 Å². The van der Waals surface area contributed by atoms with Gasteiger partial charge in [0.05, 0.1) is 15.5 Å². The van der Waals surface area contributed by atoms with Crippen LogP contribution in [0.25, 0.3) is 22.6 Å². The highest BCUT2D eigenvalue weighted by atomic mass is 32.1. The summed E-state index contributed by atoms with van der Waals surface area (Å²) >= 11 is 1.08. The van der Waals surface area contributed by atoms with Crippen molar-refractivity contribution in [3.8, 4) is 11.5 Å². The first-order chi connectivity index (χ1) is 13.5. The topological polar surface area (TPSA) is 84.8 Å². The summed E-state index contributed by atoms with van der Waals surface area (Å²) in [7, 11) is 3.98. The van der Waals surface area contributed by atoms with E-state index >= 15 is 0 Å². The number of aromatic nitrogens is 1. The van der Waals surface area contributed by atoms with Crippen LogP contribution >= 0.6 is 11.3 Å². The summed E-state index contributed by atoms with van der Waals surface area (Å²) in [6.45, 7) is 0. The Morgan fingerprint density at radius 3 is 2.61 bits per heavy atom. The van der Waals surface area contributed by atoms with Gasteiger partial charge in [0, 0.05) is 37.6 Å². The van der Waals surface area contributed by atoms with Gasteiger partial charge in [-0.3, -0.25) is 15.1 Å². The van der Waals surface area contributed by atoms with Crippen molar-refractivity contribution in [3.05, 3.63) is 69.6 Å². The van der Waals surface area contributed by atoms with E-state index < -0.39 is 4.92 Å². The van der Waals surface area contributed by atoms with Gasteiger partial charge >= 0.3 is 5.00 Å².